The number of nitro groups is 1. The molecule has 24 heavy (non-hydrogen) atoms. The average molecular weight is 350 g/mol. The first-order chi connectivity index (χ1) is 11.4. The zero-order valence-corrected chi connectivity index (χ0v) is 13.9. The standard InChI is InChI=1S/C15H14N2O6S/c1-8-14(15(18)19)16-13(24-8)5-4-9-6-11(22-2)12(23-3)7-10(9)17(20)21/h4-7H,1-3H3,(H,18,19)/b5-4+. The molecule has 0 fully saturated rings. The van der Waals surface area contributed by atoms with Crippen molar-refractivity contribution in [3.8, 4) is 11.5 Å². The number of nitro benzene ring substituents is 1. The molecular weight excluding hydrogens is 336 g/mol. The summed E-state index contributed by atoms with van der Waals surface area (Å²) in [6, 6.07) is 2.75. The number of carboxylic acid groups (broad SMARTS) is 1. The zero-order chi connectivity index (χ0) is 17.9. The Bertz CT molecular complexity index is 828. The predicted molar refractivity (Wildman–Crippen MR) is 88.9 cm³/mol. The fourth-order valence-corrected chi connectivity index (χ4v) is 2.84. The van der Waals surface area contributed by atoms with E-state index in [-0.39, 0.29) is 17.1 Å². The number of rotatable bonds is 6. The lowest BCUT2D eigenvalue weighted by atomic mass is 10.1. The Labute approximate surface area is 141 Å². The second kappa shape index (κ2) is 7.09. The van der Waals surface area contributed by atoms with E-state index < -0.39 is 10.9 Å². The number of aromatic carboxylic acids is 1. The second-order valence-corrected chi connectivity index (χ2v) is 5.85. The Hall–Kier alpha value is -2.94. The van der Waals surface area contributed by atoms with E-state index in [4.69, 9.17) is 14.6 Å². The van der Waals surface area contributed by atoms with Gasteiger partial charge < -0.3 is 14.6 Å². The van der Waals surface area contributed by atoms with Gasteiger partial charge in [0.15, 0.2) is 17.2 Å². The maximum atomic E-state index is 11.2. The fourth-order valence-electron chi connectivity index (χ4n) is 2.02. The van der Waals surface area contributed by atoms with Crippen LogP contribution in [0.3, 0.4) is 0 Å². The van der Waals surface area contributed by atoms with Crippen LogP contribution in [0.4, 0.5) is 5.69 Å². The highest BCUT2D eigenvalue weighted by atomic mass is 32.1. The highest BCUT2D eigenvalue weighted by molar-refractivity contribution is 7.12. The van der Waals surface area contributed by atoms with Crippen molar-refractivity contribution in [2.75, 3.05) is 14.2 Å². The van der Waals surface area contributed by atoms with Gasteiger partial charge in [-0.3, -0.25) is 10.1 Å². The van der Waals surface area contributed by atoms with Crippen LogP contribution in [0.1, 0.15) is 25.9 Å². The summed E-state index contributed by atoms with van der Waals surface area (Å²) in [4.78, 5) is 26.3. The molecule has 0 bridgehead atoms. The number of ether oxygens (including phenoxy) is 2. The first-order valence-corrected chi connectivity index (χ1v) is 7.48. The molecule has 2 aromatic rings. The van der Waals surface area contributed by atoms with Gasteiger partial charge in [-0.1, -0.05) is 0 Å². The molecule has 0 saturated heterocycles. The molecule has 0 aliphatic heterocycles. The summed E-state index contributed by atoms with van der Waals surface area (Å²) in [6.45, 7) is 1.65. The minimum Gasteiger partial charge on any atom is -0.493 e. The number of nitrogens with zero attached hydrogens (tertiary/aromatic N) is 2. The van der Waals surface area contributed by atoms with Crippen LogP contribution in [0.5, 0.6) is 11.5 Å². The van der Waals surface area contributed by atoms with Gasteiger partial charge in [0, 0.05) is 4.88 Å². The van der Waals surface area contributed by atoms with Gasteiger partial charge in [0.25, 0.3) is 5.69 Å². The first kappa shape index (κ1) is 17.4. The smallest absolute Gasteiger partial charge is 0.355 e. The molecule has 2 rings (SSSR count). The molecule has 0 spiro atoms. The predicted octanol–water partition coefficient (Wildman–Crippen LogP) is 3.25. The van der Waals surface area contributed by atoms with E-state index in [1.54, 1.807) is 6.92 Å². The molecule has 1 N–H and O–H groups in total. The van der Waals surface area contributed by atoms with Crippen molar-refractivity contribution < 1.29 is 24.3 Å². The molecule has 1 aromatic carbocycles. The van der Waals surface area contributed by atoms with E-state index in [0.717, 1.165) is 0 Å². The number of thiazole rings is 1. The highest BCUT2D eigenvalue weighted by Crippen LogP contribution is 2.35. The minimum absolute atomic E-state index is 0.0264. The van der Waals surface area contributed by atoms with Crippen LogP contribution in [0.15, 0.2) is 12.1 Å². The van der Waals surface area contributed by atoms with Crippen molar-refractivity contribution >= 4 is 35.1 Å². The van der Waals surface area contributed by atoms with Gasteiger partial charge in [0.05, 0.1) is 30.8 Å². The summed E-state index contributed by atoms with van der Waals surface area (Å²) in [5.74, 6) is -0.510. The van der Waals surface area contributed by atoms with Gasteiger partial charge in [0.1, 0.15) is 5.01 Å². The van der Waals surface area contributed by atoms with Crippen LogP contribution in [0, 0.1) is 17.0 Å². The van der Waals surface area contributed by atoms with E-state index >= 15 is 0 Å². The number of hydrogen-bond acceptors (Lipinski definition) is 7. The molecule has 0 saturated carbocycles. The summed E-state index contributed by atoms with van der Waals surface area (Å²) in [5, 5.41) is 20.7. The molecule has 0 radical (unpaired) electrons. The Kier molecular flexibility index (Phi) is 5.14. The summed E-state index contributed by atoms with van der Waals surface area (Å²) in [5.41, 5.74) is 0.111. The molecule has 9 heteroatoms. The van der Waals surface area contributed by atoms with Crippen LogP contribution in [0.25, 0.3) is 12.2 Å². The summed E-state index contributed by atoms with van der Waals surface area (Å²) in [7, 11) is 2.82. The van der Waals surface area contributed by atoms with Crippen LogP contribution in [-0.2, 0) is 0 Å². The Balaban J connectivity index is 2.46. The van der Waals surface area contributed by atoms with E-state index in [1.165, 1.54) is 49.8 Å². The van der Waals surface area contributed by atoms with Crippen LogP contribution >= 0.6 is 11.3 Å². The molecule has 1 heterocycles. The Morgan fingerprint density at radius 3 is 2.42 bits per heavy atom. The van der Waals surface area contributed by atoms with Crippen molar-refractivity contribution in [2.45, 2.75) is 6.92 Å². The third kappa shape index (κ3) is 3.51. The molecule has 0 atom stereocenters. The van der Waals surface area contributed by atoms with Crippen molar-refractivity contribution in [1.29, 1.82) is 0 Å². The molecule has 8 nitrogen and oxygen atoms in total. The summed E-state index contributed by atoms with van der Waals surface area (Å²) < 4.78 is 10.2. The summed E-state index contributed by atoms with van der Waals surface area (Å²) >= 11 is 1.19. The highest BCUT2D eigenvalue weighted by Gasteiger charge is 2.18. The van der Waals surface area contributed by atoms with E-state index in [9.17, 15) is 14.9 Å². The first-order valence-electron chi connectivity index (χ1n) is 6.66. The van der Waals surface area contributed by atoms with Crippen LogP contribution in [-0.4, -0.2) is 35.2 Å². The number of aryl methyl sites for hydroxylation is 1. The number of hydrogen-bond donors (Lipinski definition) is 1. The molecule has 0 amide bonds. The van der Waals surface area contributed by atoms with Gasteiger partial charge in [-0.05, 0) is 25.1 Å². The molecule has 0 aliphatic carbocycles. The third-order valence-corrected chi connectivity index (χ3v) is 4.09. The van der Waals surface area contributed by atoms with Gasteiger partial charge in [-0.15, -0.1) is 11.3 Å². The molecule has 126 valence electrons. The van der Waals surface area contributed by atoms with Crippen molar-refractivity contribution in [3.05, 3.63) is 43.4 Å². The van der Waals surface area contributed by atoms with E-state index in [0.29, 0.717) is 21.2 Å². The number of aromatic nitrogens is 1. The van der Waals surface area contributed by atoms with Gasteiger partial charge in [-0.2, -0.15) is 0 Å². The van der Waals surface area contributed by atoms with Gasteiger partial charge in [-0.25, -0.2) is 9.78 Å². The Morgan fingerprint density at radius 1 is 1.29 bits per heavy atom. The maximum Gasteiger partial charge on any atom is 0.355 e. The van der Waals surface area contributed by atoms with E-state index in [1.807, 2.05) is 0 Å². The number of carboxylic acids is 1. The monoisotopic (exact) mass is 350 g/mol. The minimum atomic E-state index is -1.11. The lowest BCUT2D eigenvalue weighted by Gasteiger charge is -2.08. The summed E-state index contributed by atoms with van der Waals surface area (Å²) in [6.07, 6.45) is 3.02. The SMILES string of the molecule is COc1cc(/C=C/c2nc(C(=O)O)c(C)s2)c([N+](=O)[O-])cc1OC. The van der Waals surface area contributed by atoms with Gasteiger partial charge in [0.2, 0.25) is 0 Å². The van der Waals surface area contributed by atoms with Crippen molar-refractivity contribution in [1.82, 2.24) is 4.98 Å². The van der Waals surface area contributed by atoms with Crippen LogP contribution in [0.2, 0.25) is 0 Å². The fraction of sp³-hybridized carbons (Fsp3) is 0.200. The normalized spacial score (nSPS) is 10.8. The molecular formula is C15H14N2O6S. The van der Waals surface area contributed by atoms with Crippen LogP contribution < -0.4 is 9.47 Å². The zero-order valence-electron chi connectivity index (χ0n) is 13.1. The molecule has 1 aromatic heterocycles. The topological polar surface area (TPSA) is 112 Å². The molecule has 0 aliphatic rings. The van der Waals surface area contributed by atoms with Crippen molar-refractivity contribution in [2.24, 2.45) is 0 Å². The van der Waals surface area contributed by atoms with Crippen molar-refractivity contribution in [3.63, 3.8) is 0 Å². The quantitative estimate of drug-likeness (QED) is 0.628. The lowest BCUT2D eigenvalue weighted by molar-refractivity contribution is -0.385. The van der Waals surface area contributed by atoms with E-state index in [2.05, 4.69) is 4.98 Å². The maximum absolute atomic E-state index is 11.2. The largest absolute Gasteiger partial charge is 0.493 e. The third-order valence-electron chi connectivity index (χ3n) is 3.15. The molecule has 0 unspecified atom stereocenters. The number of benzene rings is 1. The number of carbonyl (C=O) groups is 1. The average Bonchev–Trinajstić information content (AvgIpc) is 2.92. The van der Waals surface area contributed by atoms with Gasteiger partial charge >= 0.3 is 5.97 Å². The second-order valence-electron chi connectivity index (χ2n) is 4.62. The lowest BCUT2D eigenvalue weighted by Crippen LogP contribution is -1.98. The number of methoxy groups -OCH3 is 2. The Morgan fingerprint density at radius 2 is 1.92 bits per heavy atom.